The third-order valence-electron chi connectivity index (χ3n) is 3.08. The topological polar surface area (TPSA) is 58.6 Å². The van der Waals surface area contributed by atoms with Gasteiger partial charge in [0.2, 0.25) is 0 Å². The van der Waals surface area contributed by atoms with Crippen LogP contribution in [0.25, 0.3) is 0 Å². The zero-order chi connectivity index (χ0) is 13.7. The number of ether oxygens (including phenoxy) is 1. The maximum absolute atomic E-state index is 12.1. The summed E-state index contributed by atoms with van der Waals surface area (Å²) < 4.78 is 5.02. The first-order chi connectivity index (χ1) is 9.20. The molecule has 1 aromatic heterocycles. The smallest absolute Gasteiger partial charge is 0.322 e. The second-order valence-corrected chi connectivity index (χ2v) is 5.39. The molecule has 0 aromatic carbocycles. The predicted octanol–water partition coefficient (Wildman–Crippen LogP) is 2.56. The Bertz CT molecular complexity index is 433. The number of rotatable bonds is 3. The standard InChI is InChI=1S/C13H18N2O3S/c1-2-18-12(16)10-5-3-7-15(9-10)13(17)14-11-6-4-8-19-11/h4,6,8,10H,2-3,5,7,9H2,1H3,(H,14,17). The summed E-state index contributed by atoms with van der Waals surface area (Å²) in [5.41, 5.74) is 0. The number of esters is 1. The number of urea groups is 1. The van der Waals surface area contributed by atoms with Gasteiger partial charge in [0.1, 0.15) is 0 Å². The first kappa shape index (κ1) is 13.9. The van der Waals surface area contributed by atoms with Crippen LogP contribution in [-0.4, -0.2) is 36.6 Å². The van der Waals surface area contributed by atoms with Crippen molar-refractivity contribution in [3.63, 3.8) is 0 Å². The normalized spacial score (nSPS) is 19.0. The number of nitrogens with one attached hydrogen (secondary N) is 1. The number of carbonyl (C=O) groups is 2. The number of hydrogen-bond donors (Lipinski definition) is 1. The Hall–Kier alpha value is -1.56. The van der Waals surface area contributed by atoms with Crippen molar-refractivity contribution in [3.8, 4) is 0 Å². The molecule has 1 aliphatic heterocycles. The average Bonchev–Trinajstić information content (AvgIpc) is 2.92. The minimum absolute atomic E-state index is 0.142. The highest BCUT2D eigenvalue weighted by Crippen LogP contribution is 2.20. The minimum Gasteiger partial charge on any atom is -0.466 e. The molecule has 0 radical (unpaired) electrons. The molecule has 0 bridgehead atoms. The molecule has 2 amide bonds. The van der Waals surface area contributed by atoms with Crippen molar-refractivity contribution in [2.24, 2.45) is 5.92 Å². The van der Waals surface area contributed by atoms with Crippen molar-refractivity contribution in [1.82, 2.24) is 4.90 Å². The molecule has 2 rings (SSSR count). The van der Waals surface area contributed by atoms with E-state index in [-0.39, 0.29) is 17.9 Å². The monoisotopic (exact) mass is 282 g/mol. The SMILES string of the molecule is CCOC(=O)C1CCCN(C(=O)Nc2cccs2)C1. The summed E-state index contributed by atoms with van der Waals surface area (Å²) in [5, 5.41) is 5.57. The lowest BCUT2D eigenvalue weighted by Gasteiger charge is -2.31. The number of likely N-dealkylation sites (tertiary alicyclic amines) is 1. The van der Waals surface area contributed by atoms with E-state index in [9.17, 15) is 9.59 Å². The summed E-state index contributed by atoms with van der Waals surface area (Å²) in [6.45, 7) is 3.31. The Balaban J connectivity index is 1.89. The fourth-order valence-corrected chi connectivity index (χ4v) is 2.76. The van der Waals surface area contributed by atoms with E-state index >= 15 is 0 Å². The maximum atomic E-state index is 12.1. The molecule has 1 fully saturated rings. The van der Waals surface area contributed by atoms with E-state index in [1.54, 1.807) is 11.8 Å². The lowest BCUT2D eigenvalue weighted by molar-refractivity contribution is -0.149. The molecular weight excluding hydrogens is 264 g/mol. The van der Waals surface area contributed by atoms with Gasteiger partial charge in [0.05, 0.1) is 17.5 Å². The second-order valence-electron chi connectivity index (χ2n) is 4.44. The fourth-order valence-electron chi connectivity index (χ4n) is 2.15. The lowest BCUT2D eigenvalue weighted by Crippen LogP contribution is -2.44. The molecule has 5 nitrogen and oxygen atoms in total. The van der Waals surface area contributed by atoms with Crippen molar-refractivity contribution in [1.29, 1.82) is 0 Å². The first-order valence-corrected chi connectivity index (χ1v) is 7.34. The Morgan fingerprint density at radius 3 is 3.11 bits per heavy atom. The van der Waals surface area contributed by atoms with Crippen LogP contribution >= 0.6 is 11.3 Å². The number of piperidine rings is 1. The molecule has 19 heavy (non-hydrogen) atoms. The van der Waals surface area contributed by atoms with E-state index in [2.05, 4.69) is 5.32 Å². The van der Waals surface area contributed by atoms with Crippen molar-refractivity contribution in [3.05, 3.63) is 17.5 Å². The summed E-state index contributed by atoms with van der Waals surface area (Å²) in [7, 11) is 0. The van der Waals surface area contributed by atoms with Crippen LogP contribution in [0.4, 0.5) is 9.80 Å². The molecule has 2 heterocycles. The van der Waals surface area contributed by atoms with Gasteiger partial charge in [-0.3, -0.25) is 10.1 Å². The summed E-state index contributed by atoms with van der Waals surface area (Å²) in [4.78, 5) is 25.5. The molecule has 104 valence electrons. The molecule has 1 aliphatic rings. The molecule has 1 saturated heterocycles. The molecule has 1 atom stereocenters. The van der Waals surface area contributed by atoms with Crippen molar-refractivity contribution < 1.29 is 14.3 Å². The minimum atomic E-state index is -0.198. The number of nitrogens with zero attached hydrogens (tertiary/aromatic N) is 1. The summed E-state index contributed by atoms with van der Waals surface area (Å²) in [6, 6.07) is 3.60. The van der Waals surface area contributed by atoms with Crippen molar-refractivity contribution in [2.45, 2.75) is 19.8 Å². The van der Waals surface area contributed by atoms with Crippen molar-refractivity contribution in [2.75, 3.05) is 25.0 Å². The molecule has 1 N–H and O–H groups in total. The van der Waals surface area contributed by atoms with Crippen LogP contribution in [0.5, 0.6) is 0 Å². The molecule has 0 saturated carbocycles. The third kappa shape index (κ3) is 3.70. The number of thiophene rings is 1. The Morgan fingerprint density at radius 1 is 1.58 bits per heavy atom. The van der Waals surface area contributed by atoms with Crippen LogP contribution in [-0.2, 0) is 9.53 Å². The molecule has 1 unspecified atom stereocenters. The fraction of sp³-hybridized carbons (Fsp3) is 0.538. The van der Waals surface area contributed by atoms with Crippen LogP contribution in [0.3, 0.4) is 0 Å². The second kappa shape index (κ2) is 6.56. The largest absolute Gasteiger partial charge is 0.466 e. The first-order valence-electron chi connectivity index (χ1n) is 6.46. The highest BCUT2D eigenvalue weighted by Gasteiger charge is 2.29. The van der Waals surface area contributed by atoms with Gasteiger partial charge in [-0.1, -0.05) is 0 Å². The van der Waals surface area contributed by atoms with Crippen LogP contribution in [0, 0.1) is 5.92 Å². The lowest BCUT2D eigenvalue weighted by atomic mass is 9.98. The van der Waals surface area contributed by atoms with E-state index in [1.807, 2.05) is 17.5 Å². The Labute approximate surface area is 116 Å². The van der Waals surface area contributed by atoms with Gasteiger partial charge in [-0.05, 0) is 37.3 Å². The van der Waals surface area contributed by atoms with Crippen LogP contribution in [0.1, 0.15) is 19.8 Å². The van der Waals surface area contributed by atoms with E-state index in [0.717, 1.165) is 17.8 Å². The highest BCUT2D eigenvalue weighted by atomic mass is 32.1. The molecule has 1 aromatic rings. The highest BCUT2D eigenvalue weighted by molar-refractivity contribution is 7.14. The zero-order valence-electron chi connectivity index (χ0n) is 10.9. The van der Waals surface area contributed by atoms with Gasteiger partial charge < -0.3 is 9.64 Å². The van der Waals surface area contributed by atoms with Gasteiger partial charge in [-0.2, -0.15) is 0 Å². The van der Waals surface area contributed by atoms with E-state index in [0.29, 0.717) is 19.7 Å². The quantitative estimate of drug-likeness (QED) is 0.867. The number of carbonyl (C=O) groups excluding carboxylic acids is 2. The summed E-state index contributed by atoms with van der Waals surface area (Å²) in [5.74, 6) is -0.390. The third-order valence-corrected chi connectivity index (χ3v) is 3.87. The zero-order valence-corrected chi connectivity index (χ0v) is 11.7. The number of amides is 2. The average molecular weight is 282 g/mol. The van der Waals surface area contributed by atoms with Crippen LogP contribution in [0.2, 0.25) is 0 Å². The predicted molar refractivity (Wildman–Crippen MR) is 74.3 cm³/mol. The van der Waals surface area contributed by atoms with E-state index in [4.69, 9.17) is 4.74 Å². The maximum Gasteiger partial charge on any atom is 0.322 e. The number of hydrogen-bond acceptors (Lipinski definition) is 4. The van der Waals surface area contributed by atoms with Crippen molar-refractivity contribution >= 4 is 28.3 Å². The Kier molecular flexibility index (Phi) is 4.79. The van der Waals surface area contributed by atoms with Crippen LogP contribution in [0.15, 0.2) is 17.5 Å². The van der Waals surface area contributed by atoms with E-state index in [1.165, 1.54) is 11.3 Å². The Morgan fingerprint density at radius 2 is 2.42 bits per heavy atom. The molecule has 0 aliphatic carbocycles. The molecular formula is C13H18N2O3S. The van der Waals surface area contributed by atoms with E-state index < -0.39 is 0 Å². The van der Waals surface area contributed by atoms with Gasteiger partial charge in [0.25, 0.3) is 0 Å². The van der Waals surface area contributed by atoms with Gasteiger partial charge in [-0.15, -0.1) is 11.3 Å². The summed E-state index contributed by atoms with van der Waals surface area (Å²) in [6.07, 6.45) is 1.63. The van der Waals surface area contributed by atoms with Gasteiger partial charge >= 0.3 is 12.0 Å². The molecule has 6 heteroatoms. The van der Waals surface area contributed by atoms with Crippen LogP contribution < -0.4 is 5.32 Å². The number of anilines is 1. The summed E-state index contributed by atoms with van der Waals surface area (Å²) >= 11 is 1.48. The van der Waals surface area contributed by atoms with Gasteiger partial charge in [-0.25, -0.2) is 4.79 Å². The van der Waals surface area contributed by atoms with Gasteiger partial charge in [0, 0.05) is 13.1 Å². The van der Waals surface area contributed by atoms with Gasteiger partial charge in [0.15, 0.2) is 0 Å². The molecule has 0 spiro atoms.